The molecule has 0 saturated carbocycles. The molecule has 1 unspecified atom stereocenters. The zero-order chi connectivity index (χ0) is 11.3. The Balaban J connectivity index is 2.25. The predicted molar refractivity (Wildman–Crippen MR) is 64.2 cm³/mol. The van der Waals surface area contributed by atoms with Crippen LogP contribution >= 0.6 is 0 Å². The van der Waals surface area contributed by atoms with Crippen LogP contribution in [0.25, 0.3) is 0 Å². The fourth-order valence-electron chi connectivity index (χ4n) is 2.12. The fourth-order valence-corrected chi connectivity index (χ4v) is 2.12. The number of hydrogen-bond acceptors (Lipinski definition) is 3. The zero-order valence-electron chi connectivity index (χ0n) is 10.7. The molecule has 3 heteroatoms. The third kappa shape index (κ3) is 4.09. The van der Waals surface area contributed by atoms with Crippen LogP contribution in [0, 0.1) is 0 Å². The van der Waals surface area contributed by atoms with Gasteiger partial charge >= 0.3 is 0 Å². The molecule has 0 aromatic carbocycles. The molecule has 1 atom stereocenters. The molecule has 0 N–H and O–H groups in total. The SMILES string of the molecule is CCC(CN1CCN(C(C)C)CC1)OC. The Morgan fingerprint density at radius 1 is 1.13 bits per heavy atom. The highest BCUT2D eigenvalue weighted by molar-refractivity contribution is 4.75. The molecule has 1 heterocycles. The Morgan fingerprint density at radius 3 is 2.13 bits per heavy atom. The molecule has 15 heavy (non-hydrogen) atoms. The topological polar surface area (TPSA) is 15.7 Å². The maximum absolute atomic E-state index is 5.42. The monoisotopic (exact) mass is 214 g/mol. The highest BCUT2D eigenvalue weighted by Crippen LogP contribution is 2.08. The summed E-state index contributed by atoms with van der Waals surface area (Å²) in [5.41, 5.74) is 0. The third-order valence-corrected chi connectivity index (χ3v) is 3.39. The van der Waals surface area contributed by atoms with Crippen LogP contribution in [-0.4, -0.2) is 61.8 Å². The summed E-state index contributed by atoms with van der Waals surface area (Å²) in [5.74, 6) is 0. The van der Waals surface area contributed by atoms with Gasteiger partial charge in [0.15, 0.2) is 0 Å². The molecule has 0 aromatic heterocycles. The Hall–Kier alpha value is -0.120. The van der Waals surface area contributed by atoms with Gasteiger partial charge in [0.2, 0.25) is 0 Å². The van der Waals surface area contributed by atoms with Gasteiger partial charge in [-0.3, -0.25) is 9.80 Å². The van der Waals surface area contributed by atoms with Crippen molar-refractivity contribution in [2.45, 2.75) is 39.3 Å². The summed E-state index contributed by atoms with van der Waals surface area (Å²) in [6, 6.07) is 0.691. The van der Waals surface area contributed by atoms with Crippen molar-refractivity contribution in [2.24, 2.45) is 0 Å². The Labute approximate surface area is 94.4 Å². The van der Waals surface area contributed by atoms with Gasteiger partial charge in [-0.25, -0.2) is 0 Å². The lowest BCUT2D eigenvalue weighted by atomic mass is 10.2. The van der Waals surface area contributed by atoms with E-state index in [4.69, 9.17) is 4.74 Å². The summed E-state index contributed by atoms with van der Waals surface area (Å²) in [5, 5.41) is 0. The van der Waals surface area contributed by atoms with E-state index in [0.29, 0.717) is 12.1 Å². The maximum atomic E-state index is 5.42. The molecule has 1 rings (SSSR count). The molecule has 1 aliphatic rings. The van der Waals surface area contributed by atoms with Crippen LogP contribution in [0.1, 0.15) is 27.2 Å². The van der Waals surface area contributed by atoms with Crippen LogP contribution in [0.5, 0.6) is 0 Å². The van der Waals surface area contributed by atoms with Crippen molar-refractivity contribution in [3.05, 3.63) is 0 Å². The first-order valence-electron chi connectivity index (χ1n) is 6.16. The van der Waals surface area contributed by atoms with E-state index in [2.05, 4.69) is 30.6 Å². The molecule has 0 amide bonds. The Kier molecular flexibility index (Phi) is 5.58. The minimum absolute atomic E-state index is 0.413. The van der Waals surface area contributed by atoms with E-state index in [9.17, 15) is 0 Å². The predicted octanol–water partition coefficient (Wildman–Crippen LogP) is 1.44. The van der Waals surface area contributed by atoms with Crippen molar-refractivity contribution in [3.63, 3.8) is 0 Å². The summed E-state index contributed by atoms with van der Waals surface area (Å²) < 4.78 is 5.42. The largest absolute Gasteiger partial charge is 0.380 e. The first kappa shape index (κ1) is 12.9. The van der Waals surface area contributed by atoms with Crippen molar-refractivity contribution in [3.8, 4) is 0 Å². The highest BCUT2D eigenvalue weighted by Gasteiger charge is 2.20. The lowest BCUT2D eigenvalue weighted by Gasteiger charge is -2.38. The smallest absolute Gasteiger partial charge is 0.0695 e. The lowest BCUT2D eigenvalue weighted by molar-refractivity contribution is 0.0352. The van der Waals surface area contributed by atoms with Crippen molar-refractivity contribution in [2.75, 3.05) is 39.8 Å². The number of hydrogen-bond donors (Lipinski definition) is 0. The number of nitrogens with zero attached hydrogens (tertiary/aromatic N) is 2. The molecule has 0 radical (unpaired) electrons. The lowest BCUT2D eigenvalue weighted by Crippen LogP contribution is -2.50. The standard InChI is InChI=1S/C12H26N2O/c1-5-12(15-4)10-13-6-8-14(9-7-13)11(2)3/h11-12H,5-10H2,1-4H3. The van der Waals surface area contributed by atoms with Gasteiger partial charge in [-0.15, -0.1) is 0 Å². The van der Waals surface area contributed by atoms with Crippen molar-refractivity contribution >= 4 is 0 Å². The quantitative estimate of drug-likeness (QED) is 0.689. The summed E-state index contributed by atoms with van der Waals surface area (Å²) in [7, 11) is 1.82. The zero-order valence-corrected chi connectivity index (χ0v) is 10.7. The third-order valence-electron chi connectivity index (χ3n) is 3.39. The van der Waals surface area contributed by atoms with Crippen molar-refractivity contribution in [1.82, 2.24) is 9.80 Å². The van der Waals surface area contributed by atoms with Crippen molar-refractivity contribution < 1.29 is 4.74 Å². The second-order valence-corrected chi connectivity index (χ2v) is 4.70. The van der Waals surface area contributed by atoms with Gasteiger partial charge in [-0.2, -0.15) is 0 Å². The average molecular weight is 214 g/mol. The Morgan fingerprint density at radius 2 is 1.73 bits per heavy atom. The Bertz CT molecular complexity index is 161. The number of methoxy groups -OCH3 is 1. The van der Waals surface area contributed by atoms with Gasteiger partial charge in [0, 0.05) is 45.9 Å². The van der Waals surface area contributed by atoms with Crippen LogP contribution in [-0.2, 0) is 4.74 Å². The van der Waals surface area contributed by atoms with Crippen LogP contribution in [0.15, 0.2) is 0 Å². The second kappa shape index (κ2) is 6.46. The molecular weight excluding hydrogens is 188 g/mol. The van der Waals surface area contributed by atoms with E-state index in [1.807, 2.05) is 7.11 Å². The molecule has 1 fully saturated rings. The summed E-state index contributed by atoms with van der Waals surface area (Å²) in [6.45, 7) is 12.6. The van der Waals surface area contributed by atoms with Gasteiger partial charge in [0.1, 0.15) is 0 Å². The molecule has 1 aliphatic heterocycles. The highest BCUT2D eigenvalue weighted by atomic mass is 16.5. The fraction of sp³-hybridized carbons (Fsp3) is 1.00. The minimum atomic E-state index is 0.413. The van der Waals surface area contributed by atoms with Gasteiger partial charge in [-0.05, 0) is 20.3 Å². The van der Waals surface area contributed by atoms with Crippen LogP contribution in [0.4, 0.5) is 0 Å². The summed E-state index contributed by atoms with van der Waals surface area (Å²) in [6.07, 6.45) is 1.52. The normalized spacial score (nSPS) is 22.2. The van der Waals surface area contributed by atoms with Gasteiger partial charge < -0.3 is 4.74 Å². The molecule has 90 valence electrons. The van der Waals surface area contributed by atoms with Crippen LogP contribution in [0.2, 0.25) is 0 Å². The van der Waals surface area contributed by atoms with E-state index in [-0.39, 0.29) is 0 Å². The van der Waals surface area contributed by atoms with E-state index >= 15 is 0 Å². The minimum Gasteiger partial charge on any atom is -0.380 e. The van der Waals surface area contributed by atoms with E-state index in [1.54, 1.807) is 0 Å². The molecule has 0 spiro atoms. The molecule has 0 aromatic rings. The molecular formula is C12H26N2O. The summed E-state index contributed by atoms with van der Waals surface area (Å²) in [4.78, 5) is 5.07. The molecule has 3 nitrogen and oxygen atoms in total. The number of piperazine rings is 1. The molecule has 0 bridgehead atoms. The molecule has 1 saturated heterocycles. The van der Waals surface area contributed by atoms with Gasteiger partial charge in [0.05, 0.1) is 6.10 Å². The molecule has 0 aliphatic carbocycles. The second-order valence-electron chi connectivity index (χ2n) is 4.70. The number of rotatable bonds is 5. The van der Waals surface area contributed by atoms with Gasteiger partial charge in [0.25, 0.3) is 0 Å². The summed E-state index contributed by atoms with van der Waals surface area (Å²) >= 11 is 0. The van der Waals surface area contributed by atoms with Gasteiger partial charge in [-0.1, -0.05) is 6.92 Å². The first-order valence-corrected chi connectivity index (χ1v) is 6.16. The van der Waals surface area contributed by atoms with E-state index < -0.39 is 0 Å². The van der Waals surface area contributed by atoms with Crippen LogP contribution in [0.3, 0.4) is 0 Å². The van der Waals surface area contributed by atoms with E-state index in [1.165, 1.54) is 26.2 Å². The van der Waals surface area contributed by atoms with E-state index in [0.717, 1.165) is 13.0 Å². The van der Waals surface area contributed by atoms with Crippen molar-refractivity contribution in [1.29, 1.82) is 0 Å². The maximum Gasteiger partial charge on any atom is 0.0695 e. The van der Waals surface area contributed by atoms with Crippen LogP contribution < -0.4 is 0 Å². The first-order chi connectivity index (χ1) is 7.17. The average Bonchev–Trinajstić information content (AvgIpc) is 2.26. The number of ether oxygens (including phenoxy) is 1.